The smallest absolute Gasteiger partial charge is 0.264 e. The van der Waals surface area contributed by atoms with Crippen LogP contribution in [0.3, 0.4) is 0 Å². The second-order valence-electron chi connectivity index (χ2n) is 11.1. The van der Waals surface area contributed by atoms with Gasteiger partial charge in [0.15, 0.2) is 0 Å². The van der Waals surface area contributed by atoms with E-state index >= 15 is 0 Å². The van der Waals surface area contributed by atoms with Crippen molar-refractivity contribution in [2.45, 2.75) is 82.8 Å². The largest absolute Gasteiger partial charge is 0.352 e. The number of hydrogen-bond donors (Lipinski definition) is 1. The van der Waals surface area contributed by atoms with Crippen molar-refractivity contribution in [3.63, 3.8) is 0 Å². The zero-order valence-corrected chi connectivity index (χ0v) is 25.4. The van der Waals surface area contributed by atoms with Crippen molar-refractivity contribution in [1.29, 1.82) is 0 Å². The molecule has 224 valence electrons. The lowest BCUT2D eigenvalue weighted by Gasteiger charge is -2.34. The van der Waals surface area contributed by atoms with E-state index in [0.29, 0.717) is 12.1 Å². The molecule has 0 spiro atoms. The van der Waals surface area contributed by atoms with Crippen LogP contribution < -0.4 is 9.62 Å². The van der Waals surface area contributed by atoms with E-state index in [2.05, 4.69) is 5.32 Å². The fourth-order valence-electron chi connectivity index (χ4n) is 5.33. The first-order valence-electron chi connectivity index (χ1n) is 14.6. The van der Waals surface area contributed by atoms with E-state index in [-0.39, 0.29) is 23.4 Å². The van der Waals surface area contributed by atoms with Gasteiger partial charge in [-0.3, -0.25) is 13.9 Å². The third-order valence-electron chi connectivity index (χ3n) is 7.81. The van der Waals surface area contributed by atoms with Gasteiger partial charge in [-0.15, -0.1) is 0 Å². The Hall–Kier alpha value is -3.72. The number of nitrogens with zero attached hydrogens (tertiary/aromatic N) is 2. The molecule has 2 amide bonds. The zero-order valence-electron chi connectivity index (χ0n) is 24.6. The fraction of sp³-hybridized carbons (Fsp3) is 0.394. The quantitative estimate of drug-likeness (QED) is 0.300. The third kappa shape index (κ3) is 7.76. The van der Waals surface area contributed by atoms with Gasteiger partial charge in [-0.25, -0.2) is 12.8 Å². The molecular formula is C33H40FN3O4S. The average Bonchev–Trinajstić information content (AvgIpc) is 2.98. The van der Waals surface area contributed by atoms with Crippen LogP contribution in [0, 0.1) is 19.7 Å². The van der Waals surface area contributed by atoms with Gasteiger partial charge in [0, 0.05) is 12.6 Å². The Morgan fingerprint density at radius 3 is 2.02 bits per heavy atom. The van der Waals surface area contributed by atoms with Crippen LogP contribution >= 0.6 is 0 Å². The Labute approximate surface area is 248 Å². The van der Waals surface area contributed by atoms with Gasteiger partial charge in [0.1, 0.15) is 18.4 Å². The van der Waals surface area contributed by atoms with Crippen LogP contribution in [-0.4, -0.2) is 43.8 Å². The minimum absolute atomic E-state index is 0.0690. The minimum atomic E-state index is -4.25. The topological polar surface area (TPSA) is 86.8 Å². The summed E-state index contributed by atoms with van der Waals surface area (Å²) in [5, 5.41) is 3.15. The number of anilines is 1. The number of aryl methyl sites for hydroxylation is 2. The Kier molecular flexibility index (Phi) is 10.4. The molecule has 0 aliphatic heterocycles. The fourth-order valence-corrected chi connectivity index (χ4v) is 6.74. The molecule has 1 fully saturated rings. The van der Waals surface area contributed by atoms with E-state index < -0.39 is 34.3 Å². The summed E-state index contributed by atoms with van der Waals surface area (Å²) in [4.78, 5) is 29.1. The molecule has 3 aromatic carbocycles. The molecule has 4 rings (SSSR count). The highest BCUT2D eigenvalue weighted by Gasteiger charge is 2.34. The Morgan fingerprint density at radius 2 is 1.45 bits per heavy atom. The summed E-state index contributed by atoms with van der Waals surface area (Å²) in [5.74, 6) is -1.30. The summed E-state index contributed by atoms with van der Waals surface area (Å²) in [7, 11) is -4.25. The first-order chi connectivity index (χ1) is 20.1. The highest BCUT2D eigenvalue weighted by molar-refractivity contribution is 7.92. The third-order valence-corrected chi connectivity index (χ3v) is 9.60. The second kappa shape index (κ2) is 14.0. The van der Waals surface area contributed by atoms with Gasteiger partial charge < -0.3 is 10.2 Å². The first-order valence-corrected chi connectivity index (χ1v) is 16.0. The normalized spacial score (nSPS) is 14.7. The molecule has 0 saturated heterocycles. The summed E-state index contributed by atoms with van der Waals surface area (Å²) < 4.78 is 42.4. The Morgan fingerprint density at radius 1 is 0.881 bits per heavy atom. The maximum absolute atomic E-state index is 14.2. The first kappa shape index (κ1) is 31.2. The summed E-state index contributed by atoms with van der Waals surface area (Å²) in [6.07, 6.45) is 5.45. The number of benzene rings is 3. The Balaban J connectivity index is 1.69. The van der Waals surface area contributed by atoms with Crippen molar-refractivity contribution < 1.29 is 22.4 Å². The van der Waals surface area contributed by atoms with E-state index in [0.717, 1.165) is 65.2 Å². The molecule has 1 atom stereocenters. The number of amides is 2. The van der Waals surface area contributed by atoms with Crippen LogP contribution in [0.2, 0.25) is 0 Å². The van der Waals surface area contributed by atoms with Gasteiger partial charge in [-0.1, -0.05) is 73.7 Å². The summed E-state index contributed by atoms with van der Waals surface area (Å²) in [6.45, 7) is 5.33. The highest BCUT2D eigenvalue weighted by atomic mass is 32.2. The van der Waals surface area contributed by atoms with Crippen LogP contribution in [0.25, 0.3) is 0 Å². The van der Waals surface area contributed by atoms with Gasteiger partial charge in [-0.2, -0.15) is 0 Å². The van der Waals surface area contributed by atoms with E-state index in [1.54, 1.807) is 24.3 Å². The lowest BCUT2D eigenvalue weighted by molar-refractivity contribution is -0.140. The summed E-state index contributed by atoms with van der Waals surface area (Å²) >= 11 is 0. The number of sulfonamides is 1. The van der Waals surface area contributed by atoms with Crippen molar-refractivity contribution in [1.82, 2.24) is 10.2 Å². The molecule has 42 heavy (non-hydrogen) atoms. The van der Waals surface area contributed by atoms with E-state index in [4.69, 9.17) is 0 Å². The molecule has 9 heteroatoms. The molecule has 0 radical (unpaired) electrons. The summed E-state index contributed by atoms with van der Waals surface area (Å²) in [5.41, 5.74) is 3.12. The summed E-state index contributed by atoms with van der Waals surface area (Å²) in [6, 6.07) is 18.3. The van der Waals surface area contributed by atoms with E-state index in [1.165, 1.54) is 17.0 Å². The monoisotopic (exact) mass is 593 g/mol. The standard InChI is InChI=1S/C33H40FN3O4S/c1-4-31(33(39)35-28-8-6-5-7-9-28)36(22-26-14-10-24(2)11-15-26)32(38)23-37(29-18-12-25(3)13-19-29)42(40,41)30-20-16-27(34)17-21-30/h10-21,28,31H,4-9,22-23H2,1-3H3,(H,35,39)/t31-/m1/s1. The molecule has 7 nitrogen and oxygen atoms in total. The molecule has 1 N–H and O–H groups in total. The molecule has 0 aromatic heterocycles. The highest BCUT2D eigenvalue weighted by Crippen LogP contribution is 2.26. The van der Waals surface area contributed by atoms with Gasteiger partial charge >= 0.3 is 0 Å². The lowest BCUT2D eigenvalue weighted by atomic mass is 9.95. The molecule has 0 heterocycles. The number of hydrogen-bond acceptors (Lipinski definition) is 4. The van der Waals surface area contributed by atoms with Crippen LogP contribution in [-0.2, 0) is 26.2 Å². The maximum Gasteiger partial charge on any atom is 0.264 e. The predicted octanol–water partition coefficient (Wildman–Crippen LogP) is 5.89. The van der Waals surface area contributed by atoms with Gasteiger partial charge in [0.25, 0.3) is 10.0 Å². The molecule has 1 aliphatic carbocycles. The Bertz CT molecular complexity index is 1450. The lowest BCUT2D eigenvalue weighted by Crippen LogP contribution is -2.54. The minimum Gasteiger partial charge on any atom is -0.352 e. The molecule has 0 unspecified atom stereocenters. The van der Waals surface area contributed by atoms with Gasteiger partial charge in [-0.05, 0) is 75.1 Å². The maximum atomic E-state index is 14.2. The van der Waals surface area contributed by atoms with Crippen molar-refractivity contribution in [3.05, 3.63) is 95.3 Å². The molecule has 1 aliphatic rings. The molecular weight excluding hydrogens is 553 g/mol. The number of carbonyl (C=O) groups is 2. The number of nitrogens with one attached hydrogen (secondary N) is 1. The zero-order chi connectivity index (χ0) is 30.3. The van der Waals surface area contributed by atoms with Crippen molar-refractivity contribution >= 4 is 27.5 Å². The van der Waals surface area contributed by atoms with Gasteiger partial charge in [0.2, 0.25) is 11.8 Å². The number of rotatable bonds is 11. The molecule has 1 saturated carbocycles. The van der Waals surface area contributed by atoms with E-state index in [1.807, 2.05) is 45.0 Å². The molecule has 3 aromatic rings. The van der Waals surface area contributed by atoms with Crippen molar-refractivity contribution in [2.24, 2.45) is 0 Å². The SMILES string of the molecule is CC[C@H](C(=O)NC1CCCCC1)N(Cc1ccc(C)cc1)C(=O)CN(c1ccc(C)cc1)S(=O)(=O)c1ccc(F)cc1. The average molecular weight is 594 g/mol. The van der Waals surface area contributed by atoms with Crippen LogP contribution in [0.5, 0.6) is 0 Å². The molecule has 0 bridgehead atoms. The van der Waals surface area contributed by atoms with Gasteiger partial charge in [0.05, 0.1) is 10.6 Å². The predicted molar refractivity (Wildman–Crippen MR) is 163 cm³/mol. The van der Waals surface area contributed by atoms with Crippen molar-refractivity contribution in [2.75, 3.05) is 10.8 Å². The number of carbonyl (C=O) groups excluding carboxylic acids is 2. The number of halogens is 1. The van der Waals surface area contributed by atoms with Crippen molar-refractivity contribution in [3.8, 4) is 0 Å². The van der Waals surface area contributed by atoms with Crippen LogP contribution in [0.4, 0.5) is 10.1 Å². The van der Waals surface area contributed by atoms with E-state index in [9.17, 15) is 22.4 Å². The second-order valence-corrected chi connectivity index (χ2v) is 12.9. The van der Waals surface area contributed by atoms with Crippen LogP contribution in [0.15, 0.2) is 77.7 Å². The van der Waals surface area contributed by atoms with Crippen LogP contribution in [0.1, 0.15) is 62.1 Å².